The van der Waals surface area contributed by atoms with E-state index in [-0.39, 0.29) is 29.5 Å². The molecule has 8 nitrogen and oxygen atoms in total. The van der Waals surface area contributed by atoms with Gasteiger partial charge in [0.25, 0.3) is 5.56 Å². The molecule has 1 N–H and O–H groups in total. The lowest BCUT2D eigenvalue weighted by Crippen LogP contribution is -2.34. The third-order valence-electron chi connectivity index (χ3n) is 6.78. The van der Waals surface area contributed by atoms with E-state index in [1.54, 1.807) is 30.7 Å². The number of methoxy groups -OCH3 is 1. The highest BCUT2D eigenvalue weighted by Crippen LogP contribution is 2.39. The molecule has 3 aromatic rings. The Kier molecular flexibility index (Phi) is 7.10. The molecule has 2 atom stereocenters. The van der Waals surface area contributed by atoms with Gasteiger partial charge in [-0.2, -0.15) is 0 Å². The Morgan fingerprint density at radius 3 is 2.40 bits per heavy atom. The van der Waals surface area contributed by atoms with Gasteiger partial charge < -0.3 is 15.0 Å². The summed E-state index contributed by atoms with van der Waals surface area (Å²) in [6.45, 7) is 4.45. The molecule has 0 unspecified atom stereocenters. The number of unbranched alkanes of at least 4 members (excludes halogenated alkanes) is 1. The smallest absolute Gasteiger partial charge is 0.295 e. The molecule has 1 fully saturated rings. The van der Waals surface area contributed by atoms with Crippen molar-refractivity contribution in [3.8, 4) is 11.4 Å². The van der Waals surface area contributed by atoms with Gasteiger partial charge in [-0.05, 0) is 43.2 Å². The Balaban J connectivity index is 1.67. The Morgan fingerprint density at radius 1 is 1.09 bits per heavy atom. The molecule has 1 aliphatic rings. The number of aromatic nitrogens is 2. The van der Waals surface area contributed by atoms with E-state index in [9.17, 15) is 14.4 Å². The van der Waals surface area contributed by atoms with Crippen molar-refractivity contribution in [1.82, 2.24) is 14.3 Å². The molecule has 0 bridgehead atoms. The van der Waals surface area contributed by atoms with E-state index in [0.29, 0.717) is 23.7 Å². The van der Waals surface area contributed by atoms with Crippen LogP contribution in [0.4, 0.5) is 5.69 Å². The topological polar surface area (TPSA) is 85.6 Å². The van der Waals surface area contributed by atoms with E-state index in [0.717, 1.165) is 18.4 Å². The number of carbonyl (C=O) groups is 2. The van der Waals surface area contributed by atoms with Crippen LogP contribution >= 0.6 is 0 Å². The van der Waals surface area contributed by atoms with Crippen LogP contribution in [0.15, 0.2) is 59.4 Å². The first-order chi connectivity index (χ1) is 16.9. The van der Waals surface area contributed by atoms with E-state index in [2.05, 4.69) is 12.2 Å². The van der Waals surface area contributed by atoms with Crippen molar-refractivity contribution in [3.63, 3.8) is 0 Å². The third-order valence-corrected chi connectivity index (χ3v) is 6.78. The lowest BCUT2D eigenvalue weighted by atomic mass is 9.92. The van der Waals surface area contributed by atoms with Gasteiger partial charge in [0.1, 0.15) is 11.4 Å². The molecule has 2 heterocycles. The number of amides is 2. The fourth-order valence-corrected chi connectivity index (χ4v) is 4.76. The number of likely N-dealkylation sites (tertiary alicyclic amines) is 1. The van der Waals surface area contributed by atoms with Crippen LogP contribution in [-0.2, 0) is 16.6 Å². The summed E-state index contributed by atoms with van der Waals surface area (Å²) >= 11 is 0. The highest BCUT2D eigenvalue weighted by Gasteiger charge is 2.44. The number of rotatable bonds is 8. The normalized spacial score (nSPS) is 17.6. The van der Waals surface area contributed by atoms with Crippen LogP contribution < -0.4 is 15.6 Å². The molecule has 4 rings (SSSR count). The molecule has 2 amide bonds. The van der Waals surface area contributed by atoms with Crippen molar-refractivity contribution in [3.05, 3.63) is 76.2 Å². The summed E-state index contributed by atoms with van der Waals surface area (Å²) in [6.07, 6.45) is 1.90. The molecule has 0 saturated carbocycles. The molecule has 0 spiro atoms. The molecule has 2 aromatic carbocycles. The Labute approximate surface area is 205 Å². The van der Waals surface area contributed by atoms with Crippen LogP contribution in [0.5, 0.6) is 5.75 Å². The first-order valence-corrected chi connectivity index (χ1v) is 12.0. The molecule has 0 radical (unpaired) electrons. The van der Waals surface area contributed by atoms with E-state index < -0.39 is 12.0 Å². The number of nitrogens with one attached hydrogen (secondary N) is 1. The minimum atomic E-state index is -0.614. The summed E-state index contributed by atoms with van der Waals surface area (Å²) in [7, 11) is 3.38. The number of ether oxygens (including phenoxy) is 1. The molecular formula is C27H32N4O4. The van der Waals surface area contributed by atoms with Crippen molar-refractivity contribution >= 4 is 17.5 Å². The second-order valence-electron chi connectivity index (χ2n) is 8.90. The number of hydrogen-bond acceptors (Lipinski definition) is 4. The number of hydrogen-bond donors (Lipinski definition) is 1. The zero-order valence-corrected chi connectivity index (χ0v) is 20.7. The molecule has 1 aliphatic heterocycles. The zero-order valence-electron chi connectivity index (χ0n) is 20.7. The van der Waals surface area contributed by atoms with Crippen LogP contribution in [0.2, 0.25) is 0 Å². The standard InChI is InChI=1S/C27H32N4O4/c1-5-6-16-30-23(32)17-22(25(30)19-12-14-21(35-4)15-13-19)26(33)28-24-18(2)29(3)31(27(24)34)20-10-8-7-9-11-20/h7-15,22,25H,5-6,16-17H2,1-4H3,(H,28,33)/t22-,25-/m1/s1. The number of para-hydroxylation sites is 1. The van der Waals surface area contributed by atoms with Gasteiger partial charge in [-0.3, -0.25) is 19.1 Å². The van der Waals surface area contributed by atoms with Crippen molar-refractivity contribution in [2.45, 2.75) is 39.2 Å². The predicted molar refractivity (Wildman–Crippen MR) is 135 cm³/mol. The minimum Gasteiger partial charge on any atom is -0.497 e. The molecule has 184 valence electrons. The van der Waals surface area contributed by atoms with Gasteiger partial charge in [0, 0.05) is 20.0 Å². The number of nitrogens with zero attached hydrogens (tertiary/aromatic N) is 3. The maximum absolute atomic E-state index is 13.6. The summed E-state index contributed by atoms with van der Waals surface area (Å²) in [5, 5.41) is 2.87. The third kappa shape index (κ3) is 4.60. The lowest BCUT2D eigenvalue weighted by Gasteiger charge is -2.28. The fraction of sp³-hybridized carbons (Fsp3) is 0.370. The van der Waals surface area contributed by atoms with Crippen LogP contribution in [0, 0.1) is 12.8 Å². The summed E-state index contributed by atoms with van der Waals surface area (Å²) < 4.78 is 8.53. The first kappa shape index (κ1) is 24.3. The molecule has 1 aromatic heterocycles. The van der Waals surface area contributed by atoms with E-state index in [4.69, 9.17) is 4.74 Å². The van der Waals surface area contributed by atoms with Crippen molar-refractivity contribution in [1.29, 1.82) is 0 Å². The maximum atomic E-state index is 13.6. The maximum Gasteiger partial charge on any atom is 0.295 e. The zero-order chi connectivity index (χ0) is 25.1. The average molecular weight is 477 g/mol. The summed E-state index contributed by atoms with van der Waals surface area (Å²) in [5.74, 6) is -0.285. The van der Waals surface area contributed by atoms with Gasteiger partial charge in [0.05, 0.1) is 30.5 Å². The SMILES string of the molecule is CCCCN1C(=O)C[C@@H](C(=O)Nc2c(C)n(C)n(-c3ccccc3)c2=O)[C@H]1c1ccc(OC)cc1. The van der Waals surface area contributed by atoms with Crippen molar-refractivity contribution in [2.75, 3.05) is 19.0 Å². The first-order valence-electron chi connectivity index (χ1n) is 12.0. The Bertz CT molecular complexity index is 1260. The highest BCUT2D eigenvalue weighted by atomic mass is 16.5. The Hall–Kier alpha value is -3.81. The van der Waals surface area contributed by atoms with Gasteiger partial charge in [-0.15, -0.1) is 0 Å². The molecular weight excluding hydrogens is 444 g/mol. The molecule has 1 saturated heterocycles. The predicted octanol–water partition coefficient (Wildman–Crippen LogP) is 3.82. The van der Waals surface area contributed by atoms with Gasteiger partial charge in [-0.1, -0.05) is 43.7 Å². The lowest BCUT2D eigenvalue weighted by molar-refractivity contribution is -0.129. The molecule has 8 heteroatoms. The number of anilines is 1. The summed E-state index contributed by atoms with van der Waals surface area (Å²) in [5.41, 5.74) is 2.15. The van der Waals surface area contributed by atoms with Gasteiger partial charge >= 0.3 is 0 Å². The number of benzene rings is 2. The van der Waals surface area contributed by atoms with Crippen LogP contribution in [0.25, 0.3) is 5.69 Å². The Morgan fingerprint density at radius 2 is 1.77 bits per heavy atom. The average Bonchev–Trinajstić information content (AvgIpc) is 3.31. The molecule has 35 heavy (non-hydrogen) atoms. The van der Waals surface area contributed by atoms with Gasteiger partial charge in [0.2, 0.25) is 11.8 Å². The van der Waals surface area contributed by atoms with Crippen molar-refractivity contribution < 1.29 is 14.3 Å². The van der Waals surface area contributed by atoms with E-state index >= 15 is 0 Å². The summed E-state index contributed by atoms with van der Waals surface area (Å²) in [6, 6.07) is 16.4. The van der Waals surface area contributed by atoms with Crippen LogP contribution in [0.1, 0.15) is 43.5 Å². The largest absolute Gasteiger partial charge is 0.497 e. The van der Waals surface area contributed by atoms with E-state index in [1.807, 2.05) is 54.6 Å². The van der Waals surface area contributed by atoms with Crippen LogP contribution in [-0.4, -0.2) is 39.7 Å². The number of carbonyl (C=O) groups excluding carboxylic acids is 2. The highest BCUT2D eigenvalue weighted by molar-refractivity contribution is 5.98. The van der Waals surface area contributed by atoms with Gasteiger partial charge in [-0.25, -0.2) is 4.68 Å². The molecule has 0 aliphatic carbocycles. The van der Waals surface area contributed by atoms with Crippen molar-refractivity contribution in [2.24, 2.45) is 13.0 Å². The fourth-order valence-electron chi connectivity index (χ4n) is 4.76. The van der Waals surface area contributed by atoms with E-state index in [1.165, 1.54) is 4.68 Å². The second kappa shape index (κ2) is 10.2. The quantitative estimate of drug-likeness (QED) is 0.536. The van der Waals surface area contributed by atoms with Gasteiger partial charge in [0.15, 0.2) is 0 Å². The summed E-state index contributed by atoms with van der Waals surface area (Å²) in [4.78, 5) is 41.6. The van der Waals surface area contributed by atoms with Crippen LogP contribution in [0.3, 0.4) is 0 Å². The monoisotopic (exact) mass is 476 g/mol. The minimum absolute atomic E-state index is 0.0501. The second-order valence-corrected chi connectivity index (χ2v) is 8.90.